The maximum absolute atomic E-state index is 12.8. The predicted octanol–water partition coefficient (Wildman–Crippen LogP) is 2.81. The van der Waals surface area contributed by atoms with Gasteiger partial charge in [-0.15, -0.1) is 24.2 Å². The van der Waals surface area contributed by atoms with Crippen LogP contribution in [0.15, 0.2) is 24.3 Å². The lowest BCUT2D eigenvalue weighted by atomic mass is 9.96. The molecule has 3 N–H and O–H groups in total. The highest BCUT2D eigenvalue weighted by Gasteiger charge is 2.17. The molecule has 2 amide bonds. The van der Waals surface area contributed by atoms with Gasteiger partial charge in [-0.2, -0.15) is 0 Å². The predicted molar refractivity (Wildman–Crippen MR) is 107 cm³/mol. The van der Waals surface area contributed by atoms with E-state index < -0.39 is 0 Å². The molecule has 1 aromatic rings. The Labute approximate surface area is 164 Å². The first-order valence-corrected chi connectivity index (χ1v) is 9.75. The van der Waals surface area contributed by atoms with E-state index in [4.69, 9.17) is 0 Å². The lowest BCUT2D eigenvalue weighted by Gasteiger charge is -2.23. The Morgan fingerprint density at radius 1 is 1.35 bits per heavy atom. The molecule has 0 bridgehead atoms. The summed E-state index contributed by atoms with van der Waals surface area (Å²) in [5.74, 6) is 0.228. The molecular formula is C18H27ClFN3O2S. The van der Waals surface area contributed by atoms with Crippen molar-refractivity contribution in [2.45, 2.75) is 31.4 Å². The molecule has 1 aromatic carbocycles. The molecular weight excluding hydrogens is 377 g/mol. The van der Waals surface area contributed by atoms with Gasteiger partial charge >= 0.3 is 0 Å². The highest BCUT2D eigenvalue weighted by molar-refractivity contribution is 8.01. The van der Waals surface area contributed by atoms with Gasteiger partial charge in [0, 0.05) is 12.2 Å². The summed E-state index contributed by atoms with van der Waals surface area (Å²) in [6, 6.07) is 5.60. The Kier molecular flexibility index (Phi) is 10.6. The van der Waals surface area contributed by atoms with Crippen LogP contribution < -0.4 is 16.0 Å². The van der Waals surface area contributed by atoms with Crippen LogP contribution in [0.25, 0.3) is 0 Å². The fourth-order valence-electron chi connectivity index (χ4n) is 2.72. The van der Waals surface area contributed by atoms with Crippen molar-refractivity contribution in [2.75, 3.05) is 30.7 Å². The quantitative estimate of drug-likeness (QED) is 0.624. The Hall–Kier alpha value is -1.31. The normalized spacial score (nSPS) is 17.7. The third-order valence-electron chi connectivity index (χ3n) is 4.21. The maximum atomic E-state index is 12.8. The summed E-state index contributed by atoms with van der Waals surface area (Å²) in [7, 11) is 0. The number of rotatable bonds is 8. The Balaban J connectivity index is 0.00000338. The molecule has 26 heavy (non-hydrogen) atoms. The molecule has 1 fully saturated rings. The SMILES string of the molecule is CC(SCC(=O)Nc1ccc(F)cc1)C(=O)NCCC1CCCNC1.Cl. The van der Waals surface area contributed by atoms with Gasteiger partial charge in [0.05, 0.1) is 11.0 Å². The van der Waals surface area contributed by atoms with E-state index in [1.807, 2.05) is 0 Å². The van der Waals surface area contributed by atoms with Crippen molar-refractivity contribution in [2.24, 2.45) is 5.92 Å². The van der Waals surface area contributed by atoms with Gasteiger partial charge < -0.3 is 16.0 Å². The van der Waals surface area contributed by atoms with E-state index in [-0.39, 0.29) is 41.0 Å². The number of anilines is 1. The van der Waals surface area contributed by atoms with E-state index >= 15 is 0 Å². The zero-order valence-corrected chi connectivity index (χ0v) is 16.6. The Morgan fingerprint density at radius 2 is 2.08 bits per heavy atom. The second-order valence-corrected chi connectivity index (χ2v) is 7.63. The van der Waals surface area contributed by atoms with Crippen LogP contribution in [0.4, 0.5) is 10.1 Å². The number of halogens is 2. The van der Waals surface area contributed by atoms with Crippen molar-refractivity contribution in [3.63, 3.8) is 0 Å². The molecule has 0 spiro atoms. The smallest absolute Gasteiger partial charge is 0.234 e. The second kappa shape index (κ2) is 12.1. The number of hydrogen-bond donors (Lipinski definition) is 3. The summed E-state index contributed by atoms with van der Waals surface area (Å²) < 4.78 is 12.8. The lowest BCUT2D eigenvalue weighted by Crippen LogP contribution is -2.36. The topological polar surface area (TPSA) is 70.2 Å². The first kappa shape index (κ1) is 22.7. The van der Waals surface area contributed by atoms with Crippen LogP contribution in [-0.4, -0.2) is 42.5 Å². The molecule has 0 radical (unpaired) electrons. The van der Waals surface area contributed by atoms with E-state index in [1.165, 1.54) is 48.9 Å². The minimum Gasteiger partial charge on any atom is -0.355 e. The van der Waals surface area contributed by atoms with Crippen molar-refractivity contribution in [3.8, 4) is 0 Å². The Bertz CT molecular complexity index is 568. The van der Waals surface area contributed by atoms with Gasteiger partial charge in [0.2, 0.25) is 11.8 Å². The number of nitrogens with one attached hydrogen (secondary N) is 3. The third-order valence-corrected chi connectivity index (χ3v) is 5.36. The summed E-state index contributed by atoms with van der Waals surface area (Å²) in [6.07, 6.45) is 3.41. The van der Waals surface area contributed by atoms with Gasteiger partial charge in [-0.3, -0.25) is 9.59 Å². The molecule has 2 unspecified atom stereocenters. The molecule has 1 aliphatic rings. The monoisotopic (exact) mass is 403 g/mol. The summed E-state index contributed by atoms with van der Waals surface area (Å²) >= 11 is 1.29. The molecule has 1 heterocycles. The van der Waals surface area contributed by atoms with Crippen LogP contribution in [0.1, 0.15) is 26.2 Å². The van der Waals surface area contributed by atoms with E-state index in [9.17, 15) is 14.0 Å². The van der Waals surface area contributed by atoms with Gasteiger partial charge in [0.25, 0.3) is 0 Å². The molecule has 0 aromatic heterocycles. The maximum Gasteiger partial charge on any atom is 0.234 e. The lowest BCUT2D eigenvalue weighted by molar-refractivity contribution is -0.120. The van der Waals surface area contributed by atoms with Gasteiger partial charge in [-0.1, -0.05) is 0 Å². The van der Waals surface area contributed by atoms with Gasteiger partial charge in [-0.05, 0) is 69.5 Å². The summed E-state index contributed by atoms with van der Waals surface area (Å²) in [5.41, 5.74) is 0.546. The second-order valence-electron chi connectivity index (χ2n) is 6.30. The number of carbonyl (C=O) groups is 2. The molecule has 0 aliphatic carbocycles. The van der Waals surface area contributed by atoms with E-state index in [0.29, 0.717) is 18.2 Å². The highest BCUT2D eigenvalue weighted by Crippen LogP contribution is 2.15. The number of amides is 2. The number of benzene rings is 1. The first-order valence-electron chi connectivity index (χ1n) is 8.70. The highest BCUT2D eigenvalue weighted by atomic mass is 35.5. The van der Waals surface area contributed by atoms with Crippen LogP contribution in [0.2, 0.25) is 0 Å². The average molecular weight is 404 g/mol. The van der Waals surface area contributed by atoms with E-state index in [0.717, 1.165) is 19.5 Å². The van der Waals surface area contributed by atoms with Gasteiger partial charge in [-0.25, -0.2) is 4.39 Å². The van der Waals surface area contributed by atoms with Gasteiger partial charge in [0.1, 0.15) is 5.82 Å². The van der Waals surface area contributed by atoms with Crippen molar-refractivity contribution < 1.29 is 14.0 Å². The minimum absolute atomic E-state index is 0. The third kappa shape index (κ3) is 8.38. The average Bonchev–Trinajstić information content (AvgIpc) is 2.62. The first-order chi connectivity index (χ1) is 12.0. The van der Waals surface area contributed by atoms with Crippen LogP contribution in [0.3, 0.4) is 0 Å². The molecule has 5 nitrogen and oxygen atoms in total. The molecule has 2 atom stereocenters. The standard InChI is InChI=1S/C18H26FN3O2S.ClH/c1-13(18(24)21-10-8-14-3-2-9-20-11-14)25-12-17(23)22-16-6-4-15(19)5-7-16;/h4-7,13-14,20H,2-3,8-12H2,1H3,(H,21,24)(H,22,23);1H. The van der Waals surface area contributed by atoms with Crippen molar-refractivity contribution in [1.82, 2.24) is 10.6 Å². The molecule has 0 saturated carbocycles. The summed E-state index contributed by atoms with van der Waals surface area (Å²) in [6.45, 7) is 4.60. The van der Waals surface area contributed by atoms with Crippen LogP contribution in [0.5, 0.6) is 0 Å². The zero-order chi connectivity index (χ0) is 18.1. The fourth-order valence-corrected chi connectivity index (χ4v) is 3.43. The molecule has 146 valence electrons. The Morgan fingerprint density at radius 3 is 2.73 bits per heavy atom. The van der Waals surface area contributed by atoms with Crippen molar-refractivity contribution >= 4 is 41.7 Å². The molecule has 1 aliphatic heterocycles. The minimum atomic E-state index is -0.346. The van der Waals surface area contributed by atoms with Crippen LogP contribution in [0, 0.1) is 11.7 Å². The number of piperidine rings is 1. The van der Waals surface area contributed by atoms with Crippen molar-refractivity contribution in [1.29, 1.82) is 0 Å². The largest absolute Gasteiger partial charge is 0.355 e. The zero-order valence-electron chi connectivity index (χ0n) is 14.9. The van der Waals surface area contributed by atoms with Crippen LogP contribution in [-0.2, 0) is 9.59 Å². The van der Waals surface area contributed by atoms with E-state index in [2.05, 4.69) is 16.0 Å². The number of carbonyl (C=O) groups excluding carboxylic acids is 2. The van der Waals surface area contributed by atoms with Crippen LogP contribution >= 0.6 is 24.2 Å². The van der Waals surface area contributed by atoms with E-state index in [1.54, 1.807) is 6.92 Å². The fraction of sp³-hybridized carbons (Fsp3) is 0.556. The molecule has 8 heteroatoms. The number of thioether (sulfide) groups is 1. The number of hydrogen-bond acceptors (Lipinski definition) is 4. The van der Waals surface area contributed by atoms with Crippen molar-refractivity contribution in [3.05, 3.63) is 30.1 Å². The molecule has 1 saturated heterocycles. The summed E-state index contributed by atoms with van der Waals surface area (Å²) in [5, 5.41) is 8.71. The van der Waals surface area contributed by atoms with Gasteiger partial charge in [0.15, 0.2) is 0 Å². The molecule has 2 rings (SSSR count). The summed E-state index contributed by atoms with van der Waals surface area (Å²) in [4.78, 5) is 24.0.